The summed E-state index contributed by atoms with van der Waals surface area (Å²) in [4.78, 5) is 0.405. The van der Waals surface area contributed by atoms with Crippen LogP contribution in [0.5, 0.6) is 0 Å². The molecule has 3 rings (SSSR count). The minimum atomic E-state index is -0.498. The van der Waals surface area contributed by atoms with Crippen molar-refractivity contribution in [3.8, 4) is 0 Å². The van der Waals surface area contributed by atoms with Crippen LogP contribution in [-0.2, 0) is 0 Å². The normalized spacial score (nSPS) is 29.9. The molecule has 154 valence electrons. The Kier molecular flexibility index (Phi) is 8.80. The predicted octanol–water partition coefficient (Wildman–Crippen LogP) is 6.24. The van der Waals surface area contributed by atoms with Gasteiger partial charge in [0.15, 0.2) is 0 Å². The number of aliphatic hydroxyl groups is 1. The molecule has 0 heterocycles. The van der Waals surface area contributed by atoms with Gasteiger partial charge in [0.25, 0.3) is 0 Å². The van der Waals surface area contributed by atoms with Crippen molar-refractivity contribution in [3.05, 3.63) is 66.3 Å². The first-order valence-corrected chi connectivity index (χ1v) is 12.4. The molecule has 1 saturated carbocycles. The van der Waals surface area contributed by atoms with Crippen LogP contribution in [0.25, 0.3) is 0 Å². The number of hydrogen-bond acceptors (Lipinski definition) is 1. The second kappa shape index (κ2) is 10.6. The van der Waals surface area contributed by atoms with Crippen LogP contribution in [0.1, 0.15) is 66.2 Å². The second-order valence-electron chi connectivity index (χ2n) is 8.96. The van der Waals surface area contributed by atoms with Crippen LogP contribution < -0.4 is 4.46 Å². The van der Waals surface area contributed by atoms with Crippen LogP contribution in [0.4, 0.5) is 0 Å². The fourth-order valence-corrected chi connectivity index (χ4v) is 6.77. The molecule has 0 amide bonds. The molecule has 2 unspecified atom stereocenters. The van der Waals surface area contributed by atoms with Crippen LogP contribution in [0, 0.1) is 11.8 Å². The van der Waals surface area contributed by atoms with Crippen LogP contribution in [-0.4, -0.2) is 25.7 Å². The summed E-state index contributed by atoms with van der Waals surface area (Å²) in [6.45, 7) is 16.6. The summed E-state index contributed by atoms with van der Waals surface area (Å²) in [5.74, 6) is 1.37. The number of rotatable bonds is 4. The summed E-state index contributed by atoms with van der Waals surface area (Å²) >= 11 is 0.346. The van der Waals surface area contributed by atoms with E-state index in [1.54, 1.807) is 5.57 Å². The van der Waals surface area contributed by atoms with E-state index in [0.29, 0.717) is 25.7 Å². The van der Waals surface area contributed by atoms with Crippen LogP contribution in [0.2, 0.25) is 4.82 Å². The second-order valence-corrected chi connectivity index (χ2v) is 11.6. The first-order chi connectivity index (χ1) is 13.2. The Morgan fingerprint density at radius 1 is 1.07 bits per heavy atom. The summed E-state index contributed by atoms with van der Waals surface area (Å²) in [7, 11) is 0. The van der Waals surface area contributed by atoms with Crippen molar-refractivity contribution in [1.82, 2.24) is 0 Å². The third-order valence-corrected chi connectivity index (χ3v) is 9.45. The molecule has 2 aliphatic rings. The smallest absolute Gasteiger partial charge is 0.0171 e. The van der Waals surface area contributed by atoms with Crippen molar-refractivity contribution >= 4 is 19.4 Å². The fourth-order valence-electron chi connectivity index (χ4n) is 3.96. The van der Waals surface area contributed by atoms with E-state index in [4.69, 9.17) is 0 Å². The van der Waals surface area contributed by atoms with E-state index in [9.17, 15) is 5.11 Å². The molecule has 1 fully saturated rings. The van der Waals surface area contributed by atoms with Gasteiger partial charge in [-0.1, -0.05) is 23.8 Å². The SMILES string of the molecule is C=C(C)[C@@H]1CCC(C)(O)C([Se]c2ccccc2)C1.C=C(C)[C@H]1CC=C(C)CC1. The molecule has 1 N–H and O–H groups in total. The van der Waals surface area contributed by atoms with Gasteiger partial charge in [-0.15, -0.1) is 0 Å². The van der Waals surface area contributed by atoms with Gasteiger partial charge >= 0.3 is 116 Å². The first-order valence-electron chi connectivity index (χ1n) is 10.6. The fraction of sp³-hybridized carbons (Fsp3) is 0.538. The Bertz CT molecular complexity index is 686. The zero-order chi connectivity index (χ0) is 20.7. The summed E-state index contributed by atoms with van der Waals surface area (Å²) in [5, 5.41) is 10.6. The Hall–Kier alpha value is -1.08. The van der Waals surface area contributed by atoms with E-state index in [2.05, 4.69) is 70.3 Å². The zero-order valence-electron chi connectivity index (χ0n) is 18.2. The molecular weight excluding hydrogens is 407 g/mol. The van der Waals surface area contributed by atoms with Gasteiger partial charge in [-0.25, -0.2) is 0 Å². The average molecular weight is 446 g/mol. The van der Waals surface area contributed by atoms with Gasteiger partial charge < -0.3 is 0 Å². The van der Waals surface area contributed by atoms with Gasteiger partial charge in [0.1, 0.15) is 0 Å². The van der Waals surface area contributed by atoms with Crippen LogP contribution in [0.3, 0.4) is 0 Å². The van der Waals surface area contributed by atoms with Crippen molar-refractivity contribution in [2.75, 3.05) is 0 Å². The van der Waals surface area contributed by atoms with Gasteiger partial charge in [-0.2, -0.15) is 0 Å². The molecule has 1 aromatic carbocycles. The maximum absolute atomic E-state index is 10.6. The summed E-state index contributed by atoms with van der Waals surface area (Å²) < 4.78 is 1.39. The predicted molar refractivity (Wildman–Crippen MR) is 124 cm³/mol. The van der Waals surface area contributed by atoms with Crippen molar-refractivity contribution in [2.45, 2.75) is 76.6 Å². The van der Waals surface area contributed by atoms with Gasteiger partial charge in [0, 0.05) is 0 Å². The van der Waals surface area contributed by atoms with E-state index < -0.39 is 5.60 Å². The number of hydrogen-bond donors (Lipinski definition) is 1. The molecular formula is C26H38OSe. The van der Waals surface area contributed by atoms with Crippen molar-refractivity contribution in [2.24, 2.45) is 11.8 Å². The zero-order valence-corrected chi connectivity index (χ0v) is 19.9. The van der Waals surface area contributed by atoms with Crippen LogP contribution in [0.15, 0.2) is 66.3 Å². The van der Waals surface area contributed by atoms with Gasteiger partial charge in [0.05, 0.1) is 0 Å². The molecule has 0 aromatic heterocycles. The van der Waals surface area contributed by atoms with Crippen LogP contribution >= 0.6 is 0 Å². The van der Waals surface area contributed by atoms with E-state index in [1.165, 1.54) is 34.9 Å². The standard InChI is InChI=1S/C16H22OSe.C10H16/c1-12(2)13-9-10-16(3,17)15(11-13)18-14-7-5-4-6-8-14;1-8(2)10-6-4-9(3)5-7-10/h4-8,13,15,17H,1,9-11H2,2-3H3;4,10H,1,5-7H2,2-3H3/t13-,15?,16?;10-/m10/s1. The van der Waals surface area contributed by atoms with E-state index in [0.717, 1.165) is 25.2 Å². The maximum atomic E-state index is 10.6. The molecule has 0 aliphatic heterocycles. The molecule has 28 heavy (non-hydrogen) atoms. The largest absolute Gasteiger partial charge is 0.0998 e. The van der Waals surface area contributed by atoms with Gasteiger partial charge in [0.2, 0.25) is 0 Å². The van der Waals surface area contributed by atoms with E-state index in [-0.39, 0.29) is 0 Å². The Morgan fingerprint density at radius 2 is 1.71 bits per heavy atom. The maximum Gasteiger partial charge on any atom is -0.0171 e. The summed E-state index contributed by atoms with van der Waals surface area (Å²) in [6.07, 6.45) is 9.25. The van der Waals surface area contributed by atoms with E-state index >= 15 is 0 Å². The first kappa shape index (κ1) is 23.2. The van der Waals surface area contributed by atoms with E-state index in [1.807, 2.05) is 6.92 Å². The Morgan fingerprint density at radius 3 is 2.25 bits per heavy atom. The summed E-state index contributed by atoms with van der Waals surface area (Å²) in [5.41, 5.74) is 3.68. The molecule has 0 saturated heterocycles. The molecule has 2 heteroatoms. The quantitative estimate of drug-likeness (QED) is 0.430. The topological polar surface area (TPSA) is 20.2 Å². The van der Waals surface area contributed by atoms with Crippen molar-refractivity contribution in [1.29, 1.82) is 0 Å². The third kappa shape index (κ3) is 7.07. The molecule has 4 atom stereocenters. The van der Waals surface area contributed by atoms with Gasteiger partial charge in [-0.3, -0.25) is 0 Å². The number of allylic oxidation sites excluding steroid dienone is 4. The third-order valence-electron chi connectivity index (χ3n) is 6.24. The Balaban J connectivity index is 0.000000237. The average Bonchev–Trinajstić information content (AvgIpc) is 2.65. The molecule has 2 aliphatic carbocycles. The monoisotopic (exact) mass is 446 g/mol. The Labute approximate surface area is 179 Å². The minimum absolute atomic E-state index is 0.346. The van der Waals surface area contributed by atoms with Crippen molar-refractivity contribution < 1.29 is 5.11 Å². The molecule has 0 spiro atoms. The summed E-state index contributed by atoms with van der Waals surface area (Å²) in [6, 6.07) is 10.6. The number of benzene rings is 1. The minimum Gasteiger partial charge on any atom is -0.0998 e. The molecule has 1 nitrogen and oxygen atoms in total. The molecule has 1 aromatic rings. The van der Waals surface area contributed by atoms with Gasteiger partial charge in [-0.05, 0) is 39.0 Å². The molecule has 0 bridgehead atoms. The van der Waals surface area contributed by atoms with Crippen molar-refractivity contribution in [3.63, 3.8) is 0 Å². The molecule has 0 radical (unpaired) electrons.